The summed E-state index contributed by atoms with van der Waals surface area (Å²) in [7, 11) is 0. The molecule has 4 nitrogen and oxygen atoms in total. The van der Waals surface area contributed by atoms with E-state index in [2.05, 4.69) is 20.8 Å². The van der Waals surface area contributed by atoms with Crippen LogP contribution in [0.5, 0.6) is 0 Å². The van der Waals surface area contributed by atoms with Crippen molar-refractivity contribution in [3.05, 3.63) is 41.5 Å². The van der Waals surface area contributed by atoms with Gasteiger partial charge in [-0.1, -0.05) is 18.2 Å². The molecule has 1 aromatic carbocycles. The summed E-state index contributed by atoms with van der Waals surface area (Å²) in [6.45, 7) is 2.54. The smallest absolute Gasteiger partial charge is 0.370 e. The first kappa shape index (κ1) is 18.5. The van der Waals surface area contributed by atoms with Crippen LogP contribution in [-0.2, 0) is 11.2 Å². The van der Waals surface area contributed by atoms with Crippen LogP contribution in [0, 0.1) is 5.92 Å². The lowest BCUT2D eigenvalue weighted by Gasteiger charge is -2.29. The molecule has 1 fully saturated rings. The van der Waals surface area contributed by atoms with Gasteiger partial charge in [0.2, 0.25) is 0 Å². The van der Waals surface area contributed by atoms with Crippen LogP contribution in [0.15, 0.2) is 24.3 Å². The summed E-state index contributed by atoms with van der Waals surface area (Å²) >= 11 is 0. The maximum absolute atomic E-state index is 13.0. The zero-order chi connectivity index (χ0) is 19.0. The van der Waals surface area contributed by atoms with E-state index in [1.165, 1.54) is 5.56 Å². The Morgan fingerprint density at radius 3 is 2.44 bits per heavy atom. The van der Waals surface area contributed by atoms with Crippen molar-refractivity contribution < 1.29 is 17.9 Å². The van der Waals surface area contributed by atoms with Gasteiger partial charge in [-0.15, -0.1) is 10.2 Å². The number of hydrogen-bond donors (Lipinski definition) is 0. The second kappa shape index (κ2) is 7.26. The normalized spacial score (nSPS) is 25.6. The number of benzene rings is 1. The number of alkyl halides is 3. The number of aromatic nitrogens is 3. The summed E-state index contributed by atoms with van der Waals surface area (Å²) in [6, 6.07) is 8.13. The predicted octanol–water partition coefficient (Wildman–Crippen LogP) is 5.13. The van der Waals surface area contributed by atoms with E-state index in [4.69, 9.17) is 4.74 Å². The van der Waals surface area contributed by atoms with E-state index in [-0.39, 0.29) is 24.9 Å². The summed E-state index contributed by atoms with van der Waals surface area (Å²) in [6.07, 6.45) is -1.24. The number of halogens is 3. The molecule has 27 heavy (non-hydrogen) atoms. The third-order valence-corrected chi connectivity index (χ3v) is 5.83. The van der Waals surface area contributed by atoms with Crippen molar-refractivity contribution in [2.75, 3.05) is 6.61 Å². The van der Waals surface area contributed by atoms with Gasteiger partial charge in [0, 0.05) is 12.5 Å². The largest absolute Gasteiger partial charge is 0.391 e. The molecule has 1 saturated carbocycles. The number of fused-ring (bicyclic) bond motifs is 3. The Hall–Kier alpha value is -1.89. The van der Waals surface area contributed by atoms with Crippen LogP contribution in [0.1, 0.15) is 68.3 Å². The maximum atomic E-state index is 13.0. The second-order valence-corrected chi connectivity index (χ2v) is 7.45. The number of nitrogens with zero attached hydrogens (tertiary/aromatic N) is 3. The monoisotopic (exact) mass is 379 g/mol. The Kier molecular flexibility index (Phi) is 4.97. The molecular weight excluding hydrogens is 355 g/mol. The lowest BCUT2D eigenvalue weighted by Crippen LogP contribution is -2.28. The van der Waals surface area contributed by atoms with E-state index in [1.807, 2.05) is 25.1 Å². The number of hydrogen-bond acceptors (Lipinski definition) is 3. The van der Waals surface area contributed by atoms with Gasteiger partial charge in [-0.3, -0.25) is 4.57 Å². The van der Waals surface area contributed by atoms with Gasteiger partial charge >= 0.3 is 6.18 Å². The van der Waals surface area contributed by atoms with Gasteiger partial charge in [0.15, 0.2) is 5.82 Å². The molecule has 0 N–H and O–H groups in total. The van der Waals surface area contributed by atoms with Gasteiger partial charge in [0.1, 0.15) is 11.9 Å². The van der Waals surface area contributed by atoms with Crippen molar-refractivity contribution in [3.63, 3.8) is 0 Å². The van der Waals surface area contributed by atoms with Gasteiger partial charge < -0.3 is 4.74 Å². The minimum atomic E-state index is -4.10. The van der Waals surface area contributed by atoms with Crippen LogP contribution in [0.3, 0.4) is 0 Å². The highest BCUT2D eigenvalue weighted by Crippen LogP contribution is 2.44. The summed E-state index contributed by atoms with van der Waals surface area (Å²) in [5, 5.41) is 8.86. The standard InChI is InChI=1S/C20H24F3N3O/c1-2-27-17-12-9-13-5-3-4-6-16(13)26-18(24-25-19(17)26)14-7-10-15(11-8-14)20(21,22)23/h3-6,14-15,17H,2,7-12H2,1H3. The Labute approximate surface area is 156 Å². The van der Waals surface area contributed by atoms with Crippen molar-refractivity contribution in [3.8, 4) is 5.69 Å². The molecule has 0 amide bonds. The van der Waals surface area contributed by atoms with Gasteiger partial charge in [-0.25, -0.2) is 0 Å². The van der Waals surface area contributed by atoms with E-state index in [0.29, 0.717) is 19.4 Å². The first-order valence-corrected chi connectivity index (χ1v) is 9.70. The summed E-state index contributed by atoms with van der Waals surface area (Å²) < 4.78 is 47.0. The maximum Gasteiger partial charge on any atom is 0.391 e. The van der Waals surface area contributed by atoms with Crippen LogP contribution in [0.4, 0.5) is 13.2 Å². The van der Waals surface area contributed by atoms with E-state index in [9.17, 15) is 13.2 Å². The molecule has 1 unspecified atom stereocenters. The van der Waals surface area contributed by atoms with Gasteiger partial charge in [0.25, 0.3) is 0 Å². The zero-order valence-corrected chi connectivity index (χ0v) is 15.4. The molecule has 2 aromatic rings. The van der Waals surface area contributed by atoms with Gasteiger partial charge in [0.05, 0.1) is 11.6 Å². The minimum absolute atomic E-state index is 0.00159. The Bertz CT molecular complexity index is 794. The second-order valence-electron chi connectivity index (χ2n) is 7.45. The quantitative estimate of drug-likeness (QED) is 0.742. The molecule has 0 bridgehead atoms. The fraction of sp³-hybridized carbons (Fsp3) is 0.600. The Morgan fingerprint density at radius 1 is 1.04 bits per heavy atom. The lowest BCUT2D eigenvalue weighted by atomic mass is 9.81. The molecule has 1 atom stereocenters. The molecule has 7 heteroatoms. The van der Waals surface area contributed by atoms with Crippen LogP contribution in [0.2, 0.25) is 0 Å². The average molecular weight is 379 g/mol. The van der Waals surface area contributed by atoms with E-state index >= 15 is 0 Å². The fourth-order valence-corrected chi connectivity index (χ4v) is 4.42. The Morgan fingerprint density at radius 2 is 1.74 bits per heavy atom. The van der Waals surface area contributed by atoms with Crippen LogP contribution in [0.25, 0.3) is 5.69 Å². The van der Waals surface area contributed by atoms with Crippen LogP contribution in [-0.4, -0.2) is 27.5 Å². The van der Waals surface area contributed by atoms with Crippen LogP contribution < -0.4 is 0 Å². The van der Waals surface area contributed by atoms with E-state index in [1.54, 1.807) is 0 Å². The van der Waals surface area contributed by atoms with Crippen molar-refractivity contribution in [1.82, 2.24) is 14.8 Å². The number of para-hydroxylation sites is 1. The highest BCUT2D eigenvalue weighted by atomic mass is 19.4. The third-order valence-electron chi connectivity index (χ3n) is 5.83. The fourth-order valence-electron chi connectivity index (χ4n) is 4.42. The van der Waals surface area contributed by atoms with E-state index in [0.717, 1.165) is 30.2 Å². The van der Waals surface area contributed by atoms with Crippen molar-refractivity contribution in [2.45, 2.75) is 63.6 Å². The van der Waals surface area contributed by atoms with Crippen molar-refractivity contribution in [1.29, 1.82) is 0 Å². The average Bonchev–Trinajstić information content (AvgIpc) is 3.03. The summed E-state index contributed by atoms with van der Waals surface area (Å²) in [5.41, 5.74) is 2.23. The predicted molar refractivity (Wildman–Crippen MR) is 94.8 cm³/mol. The molecule has 0 radical (unpaired) electrons. The number of rotatable bonds is 3. The highest BCUT2D eigenvalue weighted by Gasteiger charge is 2.42. The van der Waals surface area contributed by atoms with Gasteiger partial charge in [-0.2, -0.15) is 13.2 Å². The van der Waals surface area contributed by atoms with E-state index < -0.39 is 12.1 Å². The first-order chi connectivity index (χ1) is 13.0. The molecule has 1 aliphatic heterocycles. The third kappa shape index (κ3) is 3.49. The SMILES string of the molecule is CCOC1CCc2ccccc2-n2c(C3CCC(C(F)(F)F)CC3)nnc21. The molecule has 2 aliphatic rings. The Balaban J connectivity index is 1.69. The lowest BCUT2D eigenvalue weighted by molar-refractivity contribution is -0.182. The molecular formula is C20H24F3N3O. The van der Waals surface area contributed by atoms with Gasteiger partial charge in [-0.05, 0) is 57.1 Å². The topological polar surface area (TPSA) is 39.9 Å². The molecule has 2 heterocycles. The van der Waals surface area contributed by atoms with Crippen molar-refractivity contribution >= 4 is 0 Å². The zero-order valence-electron chi connectivity index (χ0n) is 15.4. The number of ether oxygens (including phenoxy) is 1. The first-order valence-electron chi connectivity index (χ1n) is 9.70. The summed E-state index contributed by atoms with van der Waals surface area (Å²) in [5.74, 6) is 0.362. The molecule has 146 valence electrons. The molecule has 0 saturated heterocycles. The number of aryl methyl sites for hydroxylation is 1. The molecule has 1 aliphatic carbocycles. The molecule has 4 rings (SSSR count). The van der Waals surface area contributed by atoms with Crippen LogP contribution >= 0.6 is 0 Å². The highest BCUT2D eigenvalue weighted by molar-refractivity contribution is 5.44. The molecule has 1 aromatic heterocycles. The van der Waals surface area contributed by atoms with Crippen molar-refractivity contribution in [2.24, 2.45) is 5.92 Å². The minimum Gasteiger partial charge on any atom is -0.370 e. The summed E-state index contributed by atoms with van der Waals surface area (Å²) in [4.78, 5) is 0. The molecule has 0 spiro atoms.